The zero-order valence-corrected chi connectivity index (χ0v) is 15.8. The standard InChI is InChI=1S/C22H24N2O3/c1-3-26-22(25)24-11-8-16(9-12-24)20-18-7-6-15(2)13-19(18)27-14-17-5-4-10-23-21(17)20/h4-7,10,13H,3,8-9,11-12,14H2,1-2H3. The van der Waals surface area contributed by atoms with Crippen LogP contribution < -0.4 is 4.74 Å². The molecule has 1 saturated heterocycles. The quantitative estimate of drug-likeness (QED) is 0.755. The Morgan fingerprint density at radius 2 is 2.07 bits per heavy atom. The monoisotopic (exact) mass is 364 g/mol. The number of likely N-dealkylation sites (tertiary alicyclic amines) is 1. The van der Waals surface area contributed by atoms with E-state index in [1.54, 1.807) is 4.90 Å². The fourth-order valence-corrected chi connectivity index (χ4v) is 3.80. The fraction of sp³-hybridized carbons (Fsp3) is 0.364. The molecule has 5 heteroatoms. The van der Waals surface area contributed by atoms with Gasteiger partial charge < -0.3 is 14.4 Å². The maximum Gasteiger partial charge on any atom is 0.409 e. The largest absolute Gasteiger partial charge is 0.488 e. The maximum atomic E-state index is 12.0. The minimum Gasteiger partial charge on any atom is -0.488 e. The average molecular weight is 364 g/mol. The second-order valence-corrected chi connectivity index (χ2v) is 6.96. The number of amides is 1. The van der Waals surface area contributed by atoms with Crippen LogP contribution in [0.25, 0.3) is 5.57 Å². The highest BCUT2D eigenvalue weighted by Gasteiger charge is 2.27. The summed E-state index contributed by atoms with van der Waals surface area (Å²) < 4.78 is 11.3. The molecule has 0 N–H and O–H groups in total. The number of nitrogens with zero attached hydrogens (tertiary/aromatic N) is 2. The number of carbonyl (C=O) groups is 1. The molecule has 0 bridgehead atoms. The normalized spacial score (nSPS) is 16.1. The molecule has 5 nitrogen and oxygen atoms in total. The van der Waals surface area contributed by atoms with Crippen LogP contribution in [0.15, 0.2) is 42.1 Å². The third-order valence-electron chi connectivity index (χ3n) is 5.16. The number of pyridine rings is 1. The minimum absolute atomic E-state index is 0.222. The predicted octanol–water partition coefficient (Wildman–Crippen LogP) is 4.34. The van der Waals surface area contributed by atoms with Gasteiger partial charge in [0, 0.05) is 36.0 Å². The van der Waals surface area contributed by atoms with Crippen molar-refractivity contribution in [1.29, 1.82) is 0 Å². The van der Waals surface area contributed by atoms with E-state index in [-0.39, 0.29) is 6.09 Å². The molecule has 0 saturated carbocycles. The van der Waals surface area contributed by atoms with Crippen molar-refractivity contribution >= 4 is 11.7 Å². The Bertz CT molecular complexity index is 894. The third kappa shape index (κ3) is 3.42. The van der Waals surface area contributed by atoms with Crippen LogP contribution in [0.5, 0.6) is 5.75 Å². The summed E-state index contributed by atoms with van der Waals surface area (Å²) in [6.07, 6.45) is 3.25. The summed E-state index contributed by atoms with van der Waals surface area (Å²) in [7, 11) is 0. The van der Waals surface area contributed by atoms with E-state index in [0.29, 0.717) is 26.3 Å². The Balaban J connectivity index is 1.76. The molecule has 1 fully saturated rings. The molecule has 3 heterocycles. The van der Waals surface area contributed by atoms with Gasteiger partial charge in [0.1, 0.15) is 12.4 Å². The lowest BCUT2D eigenvalue weighted by molar-refractivity contribution is 0.104. The smallest absolute Gasteiger partial charge is 0.409 e. The van der Waals surface area contributed by atoms with Crippen molar-refractivity contribution < 1.29 is 14.3 Å². The summed E-state index contributed by atoms with van der Waals surface area (Å²) in [5.41, 5.74) is 6.86. The highest BCUT2D eigenvalue weighted by Crippen LogP contribution is 2.40. The number of hydrogen-bond donors (Lipinski definition) is 0. The summed E-state index contributed by atoms with van der Waals surface area (Å²) in [4.78, 5) is 18.5. The Morgan fingerprint density at radius 1 is 1.26 bits per heavy atom. The van der Waals surface area contributed by atoms with E-state index in [2.05, 4.69) is 31.2 Å². The molecule has 1 aromatic heterocycles. The van der Waals surface area contributed by atoms with E-state index in [4.69, 9.17) is 14.5 Å². The van der Waals surface area contributed by atoms with Gasteiger partial charge >= 0.3 is 6.09 Å². The number of aryl methyl sites for hydroxylation is 1. The minimum atomic E-state index is -0.222. The van der Waals surface area contributed by atoms with Crippen LogP contribution in [-0.2, 0) is 11.3 Å². The molecule has 27 heavy (non-hydrogen) atoms. The first-order valence-corrected chi connectivity index (χ1v) is 9.49. The second kappa shape index (κ2) is 7.43. The summed E-state index contributed by atoms with van der Waals surface area (Å²) in [5, 5.41) is 0. The van der Waals surface area contributed by atoms with Gasteiger partial charge in [-0.15, -0.1) is 0 Å². The number of benzene rings is 1. The molecular formula is C22H24N2O3. The number of piperidine rings is 1. The van der Waals surface area contributed by atoms with Gasteiger partial charge in [-0.05, 0) is 44.4 Å². The molecule has 2 aliphatic heterocycles. The molecule has 0 spiro atoms. The Labute approximate surface area is 159 Å². The van der Waals surface area contributed by atoms with Gasteiger partial charge in [0.15, 0.2) is 0 Å². The molecule has 140 valence electrons. The van der Waals surface area contributed by atoms with E-state index >= 15 is 0 Å². The molecule has 1 amide bonds. The van der Waals surface area contributed by atoms with Crippen molar-refractivity contribution in [3.63, 3.8) is 0 Å². The van der Waals surface area contributed by atoms with Crippen molar-refractivity contribution in [1.82, 2.24) is 9.88 Å². The van der Waals surface area contributed by atoms with Crippen LogP contribution in [0, 0.1) is 6.92 Å². The second-order valence-electron chi connectivity index (χ2n) is 6.96. The lowest BCUT2D eigenvalue weighted by Crippen LogP contribution is -2.37. The molecule has 4 rings (SSSR count). The van der Waals surface area contributed by atoms with Gasteiger partial charge in [-0.1, -0.05) is 23.8 Å². The first-order valence-electron chi connectivity index (χ1n) is 9.49. The van der Waals surface area contributed by atoms with Crippen LogP contribution in [0.3, 0.4) is 0 Å². The van der Waals surface area contributed by atoms with Crippen LogP contribution in [0.4, 0.5) is 4.79 Å². The van der Waals surface area contributed by atoms with Crippen molar-refractivity contribution in [2.45, 2.75) is 33.3 Å². The Morgan fingerprint density at radius 3 is 2.85 bits per heavy atom. The number of rotatable bonds is 1. The van der Waals surface area contributed by atoms with Crippen molar-refractivity contribution in [3.8, 4) is 5.75 Å². The zero-order chi connectivity index (χ0) is 18.8. The van der Waals surface area contributed by atoms with Gasteiger partial charge in [0.05, 0.1) is 12.3 Å². The van der Waals surface area contributed by atoms with Crippen LogP contribution in [0.2, 0.25) is 0 Å². The lowest BCUT2D eigenvalue weighted by atomic mass is 9.89. The molecule has 0 radical (unpaired) electrons. The summed E-state index contributed by atoms with van der Waals surface area (Å²) >= 11 is 0. The van der Waals surface area contributed by atoms with E-state index in [9.17, 15) is 4.79 Å². The molecular weight excluding hydrogens is 340 g/mol. The van der Waals surface area contributed by atoms with Gasteiger partial charge in [0.25, 0.3) is 0 Å². The number of carbonyl (C=O) groups excluding carboxylic acids is 1. The van der Waals surface area contributed by atoms with Crippen molar-refractivity contribution in [3.05, 3.63) is 64.5 Å². The number of aromatic nitrogens is 1. The fourth-order valence-electron chi connectivity index (χ4n) is 3.80. The molecule has 2 aromatic rings. The molecule has 1 aromatic carbocycles. The lowest BCUT2D eigenvalue weighted by Gasteiger charge is -2.29. The van der Waals surface area contributed by atoms with Gasteiger partial charge in [-0.2, -0.15) is 0 Å². The van der Waals surface area contributed by atoms with E-state index in [0.717, 1.165) is 35.4 Å². The van der Waals surface area contributed by atoms with Crippen molar-refractivity contribution in [2.24, 2.45) is 0 Å². The summed E-state index contributed by atoms with van der Waals surface area (Å²) in [6, 6.07) is 10.4. The van der Waals surface area contributed by atoms with Gasteiger partial charge in [-0.3, -0.25) is 4.98 Å². The summed E-state index contributed by atoms with van der Waals surface area (Å²) in [6.45, 7) is 6.17. The van der Waals surface area contributed by atoms with Crippen LogP contribution in [0.1, 0.15) is 42.1 Å². The van der Waals surface area contributed by atoms with E-state index in [1.807, 2.05) is 19.2 Å². The van der Waals surface area contributed by atoms with E-state index in [1.165, 1.54) is 16.7 Å². The van der Waals surface area contributed by atoms with E-state index < -0.39 is 0 Å². The molecule has 0 unspecified atom stereocenters. The third-order valence-corrected chi connectivity index (χ3v) is 5.16. The first-order chi connectivity index (χ1) is 13.2. The SMILES string of the molecule is CCOC(=O)N1CCC(=C2c3ccc(C)cc3OCc3cccnc32)CC1. The molecule has 2 aliphatic rings. The topological polar surface area (TPSA) is 51.7 Å². The number of fused-ring (bicyclic) bond motifs is 2. The Hall–Kier alpha value is -2.82. The number of ether oxygens (including phenoxy) is 2. The molecule has 0 aliphatic carbocycles. The summed E-state index contributed by atoms with van der Waals surface area (Å²) in [5.74, 6) is 0.906. The van der Waals surface area contributed by atoms with Gasteiger partial charge in [-0.25, -0.2) is 4.79 Å². The Kier molecular flexibility index (Phi) is 4.84. The van der Waals surface area contributed by atoms with Crippen molar-refractivity contribution in [2.75, 3.05) is 19.7 Å². The average Bonchev–Trinajstić information content (AvgIpc) is 2.85. The van der Waals surface area contributed by atoms with Gasteiger partial charge in [0.2, 0.25) is 0 Å². The predicted molar refractivity (Wildman–Crippen MR) is 104 cm³/mol. The first kappa shape index (κ1) is 17.6. The number of hydrogen-bond acceptors (Lipinski definition) is 4. The zero-order valence-electron chi connectivity index (χ0n) is 15.8. The molecule has 0 atom stereocenters. The maximum absolute atomic E-state index is 12.0. The van der Waals surface area contributed by atoms with Crippen LogP contribution in [-0.4, -0.2) is 35.7 Å². The highest BCUT2D eigenvalue weighted by molar-refractivity contribution is 5.85. The van der Waals surface area contributed by atoms with Crippen LogP contribution >= 0.6 is 0 Å². The highest BCUT2D eigenvalue weighted by atomic mass is 16.6.